The molecule has 2 aromatic rings. The van der Waals surface area contributed by atoms with Gasteiger partial charge in [-0.25, -0.2) is 18.6 Å². The SMILES string of the molecule is COC(=O)C1=C([C@H]2CC[C@H](C(=O)OC)CC2)NC(c2nccs2)=NC1c1ccc(F)c(F)c1Br. The second kappa shape index (κ2) is 10.3. The van der Waals surface area contributed by atoms with E-state index in [0.717, 1.165) is 6.07 Å². The third-order valence-corrected chi connectivity index (χ3v) is 7.73. The number of aromatic nitrogens is 1. The van der Waals surface area contributed by atoms with E-state index in [1.807, 2.05) is 0 Å². The van der Waals surface area contributed by atoms with Crippen molar-refractivity contribution in [2.75, 3.05) is 14.2 Å². The molecule has 0 spiro atoms. The highest BCUT2D eigenvalue weighted by Crippen LogP contribution is 2.42. The molecule has 2 aliphatic rings. The normalized spacial score (nSPS) is 22.6. The van der Waals surface area contributed by atoms with Crippen molar-refractivity contribution < 1.29 is 27.8 Å². The van der Waals surface area contributed by atoms with Gasteiger partial charge >= 0.3 is 11.9 Å². The Bertz CT molecular complexity index is 1160. The highest BCUT2D eigenvalue weighted by atomic mass is 79.9. The Morgan fingerprint density at radius 1 is 1.15 bits per heavy atom. The predicted octanol–water partition coefficient (Wildman–Crippen LogP) is 4.68. The van der Waals surface area contributed by atoms with E-state index in [4.69, 9.17) is 9.47 Å². The van der Waals surface area contributed by atoms with Crippen molar-refractivity contribution in [3.8, 4) is 0 Å². The van der Waals surface area contributed by atoms with Crippen LogP contribution in [0.25, 0.3) is 0 Å². The Morgan fingerprint density at radius 2 is 1.88 bits per heavy atom. The molecule has 0 bridgehead atoms. The maximum absolute atomic E-state index is 14.5. The van der Waals surface area contributed by atoms with Crippen molar-refractivity contribution in [3.05, 3.63) is 61.7 Å². The third-order valence-electron chi connectivity index (χ3n) is 6.14. The predicted molar refractivity (Wildman–Crippen MR) is 125 cm³/mol. The van der Waals surface area contributed by atoms with E-state index in [9.17, 15) is 18.4 Å². The number of methoxy groups -OCH3 is 2. The quantitative estimate of drug-likeness (QED) is 0.427. The van der Waals surface area contributed by atoms with Gasteiger partial charge < -0.3 is 14.8 Å². The summed E-state index contributed by atoms with van der Waals surface area (Å²) in [6.45, 7) is 0. The molecular formula is C23H22BrF2N3O4S. The number of hydrogen-bond donors (Lipinski definition) is 1. The van der Waals surface area contributed by atoms with Gasteiger partial charge in [-0.15, -0.1) is 11.3 Å². The molecule has 7 nitrogen and oxygen atoms in total. The van der Waals surface area contributed by atoms with Gasteiger partial charge in [-0.05, 0) is 59.2 Å². The summed E-state index contributed by atoms with van der Waals surface area (Å²) in [6, 6.07) is 1.45. The topological polar surface area (TPSA) is 89.9 Å². The van der Waals surface area contributed by atoms with E-state index in [1.165, 1.54) is 31.6 Å². The number of halogens is 3. The van der Waals surface area contributed by atoms with E-state index >= 15 is 0 Å². The van der Waals surface area contributed by atoms with Crippen LogP contribution in [0, 0.1) is 23.5 Å². The maximum atomic E-state index is 14.5. The molecule has 1 saturated carbocycles. The van der Waals surface area contributed by atoms with Gasteiger partial charge in [-0.1, -0.05) is 6.07 Å². The van der Waals surface area contributed by atoms with Gasteiger partial charge in [0.2, 0.25) is 0 Å². The molecule has 1 aliphatic heterocycles. The first-order chi connectivity index (χ1) is 16.3. The molecule has 0 saturated heterocycles. The lowest BCUT2D eigenvalue weighted by molar-refractivity contribution is -0.146. The molecule has 1 fully saturated rings. The Morgan fingerprint density at radius 3 is 2.50 bits per heavy atom. The van der Waals surface area contributed by atoms with Crippen LogP contribution in [0.2, 0.25) is 0 Å². The fraction of sp³-hybridized carbons (Fsp3) is 0.391. The lowest BCUT2D eigenvalue weighted by atomic mass is 9.78. The number of esters is 2. The molecule has 1 aromatic carbocycles. The second-order valence-corrected chi connectivity index (χ2v) is 9.69. The molecule has 1 unspecified atom stereocenters. The number of carbonyl (C=O) groups excluding carboxylic acids is 2. The van der Waals surface area contributed by atoms with Crippen molar-refractivity contribution in [1.29, 1.82) is 0 Å². The van der Waals surface area contributed by atoms with Crippen LogP contribution < -0.4 is 5.32 Å². The summed E-state index contributed by atoms with van der Waals surface area (Å²) >= 11 is 4.50. The summed E-state index contributed by atoms with van der Waals surface area (Å²) in [5.41, 5.74) is 1.10. The minimum Gasteiger partial charge on any atom is -0.469 e. The number of ether oxygens (including phenoxy) is 2. The Kier molecular flexibility index (Phi) is 7.42. The largest absolute Gasteiger partial charge is 0.469 e. The molecule has 11 heteroatoms. The highest BCUT2D eigenvalue weighted by molar-refractivity contribution is 9.10. The lowest BCUT2D eigenvalue weighted by Gasteiger charge is -2.34. The summed E-state index contributed by atoms with van der Waals surface area (Å²) in [7, 11) is 2.63. The number of allylic oxidation sites excluding steroid dienone is 1. The van der Waals surface area contributed by atoms with Crippen LogP contribution in [0.4, 0.5) is 8.78 Å². The van der Waals surface area contributed by atoms with E-state index in [2.05, 4.69) is 31.2 Å². The molecule has 2 heterocycles. The van der Waals surface area contributed by atoms with Crippen molar-refractivity contribution in [3.63, 3.8) is 0 Å². The van der Waals surface area contributed by atoms with Crippen LogP contribution in [0.1, 0.15) is 42.3 Å². The molecule has 1 aliphatic carbocycles. The van der Waals surface area contributed by atoms with Gasteiger partial charge in [0.25, 0.3) is 0 Å². The second-order valence-electron chi connectivity index (χ2n) is 8.00. The average Bonchev–Trinajstić information content (AvgIpc) is 3.41. The lowest BCUT2D eigenvalue weighted by Crippen LogP contribution is -2.38. The number of aliphatic imine (C=N–C) groups is 1. The number of nitrogens with one attached hydrogen (secondary N) is 1. The van der Waals surface area contributed by atoms with Crippen molar-refractivity contribution in [1.82, 2.24) is 10.3 Å². The van der Waals surface area contributed by atoms with E-state index in [0.29, 0.717) is 42.2 Å². The van der Waals surface area contributed by atoms with Gasteiger partial charge in [0, 0.05) is 17.3 Å². The number of rotatable bonds is 5. The zero-order valence-corrected chi connectivity index (χ0v) is 20.8. The molecular weight excluding hydrogens is 532 g/mol. The van der Waals surface area contributed by atoms with Gasteiger partial charge in [0.15, 0.2) is 22.5 Å². The Balaban J connectivity index is 1.82. The first kappa shape index (κ1) is 24.5. The molecule has 4 rings (SSSR count). The van der Waals surface area contributed by atoms with Gasteiger partial charge in [0.1, 0.15) is 6.04 Å². The summed E-state index contributed by atoms with van der Waals surface area (Å²) in [4.78, 5) is 34.0. The van der Waals surface area contributed by atoms with Crippen molar-refractivity contribution >= 4 is 45.0 Å². The summed E-state index contributed by atoms with van der Waals surface area (Å²) in [5, 5.41) is 5.66. The molecule has 180 valence electrons. The maximum Gasteiger partial charge on any atom is 0.338 e. The third kappa shape index (κ3) is 4.63. The minimum absolute atomic E-state index is 0.105. The average molecular weight is 554 g/mol. The molecule has 0 amide bonds. The van der Waals surface area contributed by atoms with E-state index in [1.54, 1.807) is 11.6 Å². The molecule has 1 N–H and O–H groups in total. The molecule has 0 radical (unpaired) electrons. The summed E-state index contributed by atoms with van der Waals surface area (Å²) < 4.78 is 38.2. The van der Waals surface area contributed by atoms with Gasteiger partial charge in [-0.3, -0.25) is 9.79 Å². The van der Waals surface area contributed by atoms with Crippen LogP contribution in [0.15, 0.2) is 44.4 Å². The number of hydrogen-bond acceptors (Lipinski definition) is 8. The molecule has 1 aromatic heterocycles. The fourth-order valence-corrected chi connectivity index (χ4v) is 5.56. The fourth-order valence-electron chi connectivity index (χ4n) is 4.43. The minimum atomic E-state index is -1.06. The first-order valence-electron chi connectivity index (χ1n) is 10.6. The Labute approximate surface area is 207 Å². The van der Waals surface area contributed by atoms with Crippen LogP contribution in [0.3, 0.4) is 0 Å². The number of benzene rings is 1. The van der Waals surface area contributed by atoms with E-state index in [-0.39, 0.29) is 33.4 Å². The number of thiazole rings is 1. The van der Waals surface area contributed by atoms with Crippen LogP contribution in [-0.2, 0) is 19.1 Å². The Hall–Kier alpha value is -2.66. The number of amidine groups is 1. The zero-order valence-electron chi connectivity index (χ0n) is 18.4. The standard InChI is InChI=1S/C23H22BrF2N3O4S/c1-32-22(30)12-5-3-11(4-6-12)18-15(23(31)33-2)19(13-7-8-14(25)17(26)16(13)24)29-20(28-18)21-27-9-10-34-21/h7-12,19H,3-6H2,1-2H3,(H,28,29)/t11-,12-,19?. The van der Waals surface area contributed by atoms with Crippen molar-refractivity contribution in [2.45, 2.75) is 31.7 Å². The number of nitrogens with zero attached hydrogens (tertiary/aromatic N) is 2. The van der Waals surface area contributed by atoms with Gasteiger partial charge in [-0.2, -0.15) is 0 Å². The number of carbonyl (C=O) groups is 2. The van der Waals surface area contributed by atoms with Crippen LogP contribution in [-0.4, -0.2) is 37.0 Å². The highest BCUT2D eigenvalue weighted by Gasteiger charge is 2.39. The monoisotopic (exact) mass is 553 g/mol. The van der Waals surface area contributed by atoms with Gasteiger partial charge in [0.05, 0.1) is 30.2 Å². The van der Waals surface area contributed by atoms with Crippen LogP contribution >= 0.6 is 27.3 Å². The summed E-state index contributed by atoms with van der Waals surface area (Å²) in [6.07, 6.45) is 4.08. The summed E-state index contributed by atoms with van der Waals surface area (Å²) in [5.74, 6) is -2.83. The van der Waals surface area contributed by atoms with E-state index < -0.39 is 23.6 Å². The zero-order chi connectivity index (χ0) is 24.4. The first-order valence-corrected chi connectivity index (χ1v) is 12.3. The smallest absolute Gasteiger partial charge is 0.338 e. The van der Waals surface area contributed by atoms with Crippen LogP contribution in [0.5, 0.6) is 0 Å². The van der Waals surface area contributed by atoms with Crippen molar-refractivity contribution in [2.24, 2.45) is 16.8 Å². The molecule has 1 atom stereocenters. The molecule has 34 heavy (non-hydrogen) atoms.